The number of aryl methyl sites for hydroxylation is 1. The zero-order valence-electron chi connectivity index (χ0n) is 18.6. The van der Waals surface area contributed by atoms with Crippen LogP contribution in [-0.2, 0) is 4.79 Å². The Balaban J connectivity index is 1.68. The lowest BCUT2D eigenvalue weighted by molar-refractivity contribution is -0.385. The van der Waals surface area contributed by atoms with Crippen LogP contribution in [0, 0.1) is 17.0 Å². The lowest BCUT2D eigenvalue weighted by Gasteiger charge is -2.27. The van der Waals surface area contributed by atoms with Gasteiger partial charge in [0.25, 0.3) is 5.69 Å². The number of carbonyl (C=O) groups is 1. The molecule has 1 N–H and O–H groups in total. The minimum Gasteiger partial charge on any atom is -0.496 e. The van der Waals surface area contributed by atoms with Crippen molar-refractivity contribution in [3.8, 4) is 17.2 Å². The highest BCUT2D eigenvalue weighted by Crippen LogP contribution is 2.40. The summed E-state index contributed by atoms with van der Waals surface area (Å²) < 4.78 is 16.4. The van der Waals surface area contributed by atoms with Crippen LogP contribution < -0.4 is 19.5 Å². The quantitative estimate of drug-likeness (QED) is 0.493. The molecular weight excluding hydrogens is 414 g/mol. The van der Waals surface area contributed by atoms with E-state index in [2.05, 4.69) is 11.4 Å². The van der Waals surface area contributed by atoms with Crippen LogP contribution in [0.1, 0.15) is 17.5 Å². The SMILES string of the molecule is COc1cc(OC)c(C2=CCN(CC(=O)Nc3ccc(C)c([N+](=O)[O-])c3)CC2)c(OC)c1. The van der Waals surface area contributed by atoms with Crippen LogP contribution in [0.5, 0.6) is 17.2 Å². The van der Waals surface area contributed by atoms with Crippen molar-refractivity contribution >= 4 is 22.9 Å². The molecule has 9 heteroatoms. The second kappa shape index (κ2) is 10.1. The van der Waals surface area contributed by atoms with Crippen LogP contribution in [0.15, 0.2) is 36.4 Å². The van der Waals surface area contributed by atoms with Crippen LogP contribution in [0.3, 0.4) is 0 Å². The molecule has 1 amide bonds. The van der Waals surface area contributed by atoms with Crippen LogP contribution in [-0.4, -0.2) is 56.7 Å². The van der Waals surface area contributed by atoms with Gasteiger partial charge in [0.1, 0.15) is 17.2 Å². The van der Waals surface area contributed by atoms with E-state index in [0.717, 1.165) is 11.1 Å². The lowest BCUT2D eigenvalue weighted by atomic mass is 9.97. The van der Waals surface area contributed by atoms with E-state index in [1.54, 1.807) is 40.4 Å². The minimum atomic E-state index is -0.455. The summed E-state index contributed by atoms with van der Waals surface area (Å²) in [5, 5.41) is 13.8. The van der Waals surface area contributed by atoms with Gasteiger partial charge in [-0.15, -0.1) is 0 Å². The number of nitro groups is 1. The second-order valence-corrected chi connectivity index (χ2v) is 7.43. The Kier molecular flexibility index (Phi) is 7.32. The van der Waals surface area contributed by atoms with Crippen LogP contribution >= 0.6 is 0 Å². The fourth-order valence-corrected chi connectivity index (χ4v) is 3.69. The molecule has 0 bridgehead atoms. The highest BCUT2D eigenvalue weighted by atomic mass is 16.6. The Morgan fingerprint density at radius 2 is 1.81 bits per heavy atom. The van der Waals surface area contributed by atoms with Gasteiger partial charge in [-0.1, -0.05) is 12.1 Å². The third-order valence-corrected chi connectivity index (χ3v) is 5.39. The summed E-state index contributed by atoms with van der Waals surface area (Å²) in [5.41, 5.74) is 2.90. The maximum absolute atomic E-state index is 12.5. The predicted octanol–water partition coefficient (Wildman–Crippen LogP) is 3.66. The second-order valence-electron chi connectivity index (χ2n) is 7.43. The van der Waals surface area contributed by atoms with Crippen LogP contribution in [0.4, 0.5) is 11.4 Å². The molecule has 3 rings (SSSR count). The molecule has 0 unspecified atom stereocenters. The summed E-state index contributed by atoms with van der Waals surface area (Å²) in [6.45, 7) is 3.09. The van der Waals surface area contributed by atoms with Crippen molar-refractivity contribution in [3.05, 3.63) is 57.6 Å². The number of hydrogen-bond donors (Lipinski definition) is 1. The zero-order chi connectivity index (χ0) is 23.3. The summed E-state index contributed by atoms with van der Waals surface area (Å²) in [4.78, 5) is 25.1. The molecule has 1 aliphatic rings. The molecule has 2 aromatic rings. The molecule has 0 atom stereocenters. The number of rotatable bonds is 8. The molecule has 0 fully saturated rings. The number of nitrogens with one attached hydrogen (secondary N) is 1. The fraction of sp³-hybridized carbons (Fsp3) is 0.348. The number of amides is 1. The third kappa shape index (κ3) is 5.17. The van der Waals surface area contributed by atoms with Crippen LogP contribution in [0.25, 0.3) is 5.57 Å². The number of methoxy groups -OCH3 is 3. The van der Waals surface area contributed by atoms with Gasteiger partial charge in [-0.25, -0.2) is 0 Å². The summed E-state index contributed by atoms with van der Waals surface area (Å²) in [6.07, 6.45) is 2.77. The van der Waals surface area contributed by atoms with Crippen LogP contribution in [0.2, 0.25) is 0 Å². The van der Waals surface area contributed by atoms with Crippen molar-refractivity contribution in [3.63, 3.8) is 0 Å². The topological polar surface area (TPSA) is 103 Å². The molecule has 0 saturated heterocycles. The molecule has 0 radical (unpaired) electrons. The highest BCUT2D eigenvalue weighted by molar-refractivity contribution is 5.92. The number of anilines is 1. The number of benzene rings is 2. The molecule has 1 aliphatic heterocycles. The lowest BCUT2D eigenvalue weighted by Crippen LogP contribution is -2.36. The first-order valence-electron chi connectivity index (χ1n) is 10.1. The monoisotopic (exact) mass is 441 g/mol. The molecule has 0 saturated carbocycles. The van der Waals surface area contributed by atoms with E-state index in [-0.39, 0.29) is 18.1 Å². The number of ether oxygens (including phenoxy) is 3. The first-order valence-corrected chi connectivity index (χ1v) is 10.1. The smallest absolute Gasteiger partial charge is 0.274 e. The van der Waals surface area contributed by atoms with Gasteiger partial charge in [0.2, 0.25) is 5.91 Å². The van der Waals surface area contributed by atoms with Gasteiger partial charge in [-0.2, -0.15) is 0 Å². The number of carbonyl (C=O) groups excluding carboxylic acids is 1. The Bertz CT molecular complexity index is 1030. The molecule has 0 spiro atoms. The van der Waals surface area contributed by atoms with Crippen molar-refractivity contribution in [2.45, 2.75) is 13.3 Å². The Morgan fingerprint density at radius 1 is 1.12 bits per heavy atom. The zero-order valence-corrected chi connectivity index (χ0v) is 18.6. The minimum absolute atomic E-state index is 0.0178. The summed E-state index contributed by atoms with van der Waals surface area (Å²) in [7, 11) is 4.80. The number of hydrogen-bond acceptors (Lipinski definition) is 7. The largest absolute Gasteiger partial charge is 0.496 e. The van der Waals surface area contributed by atoms with E-state index >= 15 is 0 Å². The summed E-state index contributed by atoms with van der Waals surface area (Å²) >= 11 is 0. The first kappa shape index (κ1) is 23.1. The van der Waals surface area contributed by atoms with Gasteiger partial charge >= 0.3 is 0 Å². The van der Waals surface area contributed by atoms with Crippen molar-refractivity contribution < 1.29 is 23.9 Å². The molecule has 1 heterocycles. The Labute approximate surface area is 186 Å². The molecule has 0 aromatic heterocycles. The van der Waals surface area contributed by atoms with Crippen molar-refractivity contribution in [2.75, 3.05) is 46.3 Å². The van der Waals surface area contributed by atoms with E-state index in [0.29, 0.717) is 48.0 Å². The van der Waals surface area contributed by atoms with E-state index in [9.17, 15) is 14.9 Å². The maximum atomic E-state index is 12.5. The van der Waals surface area contributed by atoms with E-state index in [4.69, 9.17) is 14.2 Å². The molecule has 2 aromatic carbocycles. The third-order valence-electron chi connectivity index (χ3n) is 5.39. The normalized spacial score (nSPS) is 13.8. The average molecular weight is 441 g/mol. The van der Waals surface area contributed by atoms with Gasteiger partial charge < -0.3 is 19.5 Å². The van der Waals surface area contributed by atoms with Gasteiger partial charge in [-0.05, 0) is 25.0 Å². The van der Waals surface area contributed by atoms with Crippen molar-refractivity contribution in [1.29, 1.82) is 0 Å². The molecule has 9 nitrogen and oxygen atoms in total. The molecule has 0 aliphatic carbocycles. The molecular formula is C23H27N3O6. The molecule has 170 valence electrons. The Morgan fingerprint density at radius 3 is 2.34 bits per heavy atom. The predicted molar refractivity (Wildman–Crippen MR) is 122 cm³/mol. The van der Waals surface area contributed by atoms with Crippen molar-refractivity contribution in [1.82, 2.24) is 4.90 Å². The molecule has 32 heavy (non-hydrogen) atoms. The van der Waals surface area contributed by atoms with Gasteiger partial charge in [0.15, 0.2) is 0 Å². The fourth-order valence-electron chi connectivity index (χ4n) is 3.69. The summed E-state index contributed by atoms with van der Waals surface area (Å²) in [6, 6.07) is 8.30. The first-order chi connectivity index (χ1) is 15.4. The van der Waals surface area contributed by atoms with E-state index < -0.39 is 4.92 Å². The average Bonchev–Trinajstić information content (AvgIpc) is 2.79. The number of nitrogens with zero attached hydrogens (tertiary/aromatic N) is 2. The van der Waals surface area contributed by atoms with Gasteiger partial charge in [0.05, 0.1) is 38.4 Å². The highest BCUT2D eigenvalue weighted by Gasteiger charge is 2.22. The number of nitro benzene ring substituents is 1. The van der Waals surface area contributed by atoms with Crippen molar-refractivity contribution in [2.24, 2.45) is 0 Å². The standard InChI is InChI=1S/C23H27N3O6/c1-15-5-6-17(11-19(15)26(28)29)24-22(27)14-25-9-7-16(8-10-25)23-20(31-3)12-18(30-2)13-21(23)32-4/h5-7,11-13H,8-10,14H2,1-4H3,(H,24,27). The maximum Gasteiger partial charge on any atom is 0.274 e. The van der Waals surface area contributed by atoms with E-state index in [1.807, 2.05) is 17.0 Å². The van der Waals surface area contributed by atoms with Gasteiger partial charge in [-0.3, -0.25) is 19.8 Å². The van der Waals surface area contributed by atoms with E-state index in [1.165, 1.54) is 6.07 Å². The summed E-state index contributed by atoms with van der Waals surface area (Å²) in [5.74, 6) is 1.76. The van der Waals surface area contributed by atoms with Gasteiger partial charge in [0, 0.05) is 42.5 Å². The Hall–Kier alpha value is -3.59.